The van der Waals surface area contributed by atoms with Crippen LogP contribution in [0.15, 0.2) is 29.3 Å². The van der Waals surface area contributed by atoms with Gasteiger partial charge in [-0.05, 0) is 43.9 Å². The first-order valence-corrected chi connectivity index (χ1v) is 9.79. The molecule has 5 rings (SSSR count). The van der Waals surface area contributed by atoms with Gasteiger partial charge in [-0.15, -0.1) is 0 Å². The molecule has 0 saturated heterocycles. The van der Waals surface area contributed by atoms with Crippen molar-refractivity contribution in [3.05, 3.63) is 57.0 Å². The molecule has 1 atom stereocenters. The molecule has 4 heterocycles. The number of ether oxygens (including phenoxy) is 1. The van der Waals surface area contributed by atoms with Crippen LogP contribution in [0.1, 0.15) is 48.5 Å². The van der Waals surface area contributed by atoms with E-state index >= 15 is 0 Å². The Labute approximate surface area is 166 Å². The molecular formula is C20H20ClN5O2. The van der Waals surface area contributed by atoms with Gasteiger partial charge in [0, 0.05) is 18.8 Å². The number of aryl methyl sites for hydroxylation is 1. The van der Waals surface area contributed by atoms with Crippen LogP contribution in [0.5, 0.6) is 0 Å². The molecule has 1 saturated carbocycles. The second-order valence-electron chi connectivity index (χ2n) is 7.43. The van der Waals surface area contributed by atoms with Crippen molar-refractivity contribution >= 4 is 28.2 Å². The molecule has 0 amide bonds. The SMILES string of the molecule is Cc1nc2nc(C3=CC(c4cnn(C5CC5)c4)OCC3)cc(Cl)c2c(=O)n1C. The number of hydrogen-bond acceptors (Lipinski definition) is 5. The zero-order valence-electron chi connectivity index (χ0n) is 15.7. The third kappa shape index (κ3) is 2.95. The van der Waals surface area contributed by atoms with Crippen molar-refractivity contribution in [2.45, 2.75) is 38.3 Å². The molecule has 7 nitrogen and oxygen atoms in total. The molecule has 0 N–H and O–H groups in total. The van der Waals surface area contributed by atoms with Crippen LogP contribution < -0.4 is 5.56 Å². The third-order valence-electron chi connectivity index (χ3n) is 5.45. The molecule has 0 bridgehead atoms. The maximum atomic E-state index is 12.5. The molecule has 0 spiro atoms. The fourth-order valence-corrected chi connectivity index (χ4v) is 3.81. The maximum Gasteiger partial charge on any atom is 0.264 e. The van der Waals surface area contributed by atoms with E-state index in [0.717, 1.165) is 23.3 Å². The van der Waals surface area contributed by atoms with Crippen molar-refractivity contribution in [1.29, 1.82) is 0 Å². The van der Waals surface area contributed by atoms with Crippen molar-refractivity contribution < 1.29 is 4.74 Å². The quantitative estimate of drug-likeness (QED) is 0.677. The summed E-state index contributed by atoms with van der Waals surface area (Å²) in [5.41, 5.74) is 3.02. The van der Waals surface area contributed by atoms with E-state index in [1.165, 1.54) is 17.4 Å². The molecule has 1 fully saturated rings. The number of hydrogen-bond donors (Lipinski definition) is 0. The van der Waals surface area contributed by atoms with Crippen LogP contribution in [-0.2, 0) is 11.8 Å². The van der Waals surface area contributed by atoms with Gasteiger partial charge in [0.05, 0.1) is 29.6 Å². The van der Waals surface area contributed by atoms with Gasteiger partial charge in [-0.25, -0.2) is 9.97 Å². The summed E-state index contributed by atoms with van der Waals surface area (Å²) in [4.78, 5) is 21.6. The van der Waals surface area contributed by atoms with Crippen molar-refractivity contribution in [2.24, 2.45) is 7.05 Å². The molecule has 28 heavy (non-hydrogen) atoms. The number of fused-ring (bicyclic) bond motifs is 1. The molecule has 144 valence electrons. The van der Waals surface area contributed by atoms with E-state index in [9.17, 15) is 4.79 Å². The molecular weight excluding hydrogens is 378 g/mol. The molecule has 1 aliphatic carbocycles. The first-order valence-electron chi connectivity index (χ1n) is 9.42. The van der Waals surface area contributed by atoms with E-state index in [2.05, 4.69) is 27.3 Å². The summed E-state index contributed by atoms with van der Waals surface area (Å²) in [7, 11) is 1.68. The van der Waals surface area contributed by atoms with Gasteiger partial charge in [-0.2, -0.15) is 5.10 Å². The number of aromatic nitrogens is 5. The van der Waals surface area contributed by atoms with Crippen LogP contribution in [-0.4, -0.2) is 30.9 Å². The summed E-state index contributed by atoms with van der Waals surface area (Å²) in [5.74, 6) is 0.601. The van der Waals surface area contributed by atoms with Gasteiger partial charge in [0.15, 0.2) is 5.65 Å². The highest BCUT2D eigenvalue weighted by molar-refractivity contribution is 6.35. The summed E-state index contributed by atoms with van der Waals surface area (Å²) in [6.45, 7) is 2.37. The normalized spacial score (nSPS) is 19.8. The Morgan fingerprint density at radius 2 is 2.11 bits per heavy atom. The Bertz CT molecular complexity index is 1180. The van der Waals surface area contributed by atoms with Gasteiger partial charge in [0.25, 0.3) is 5.56 Å². The molecule has 3 aromatic rings. The first kappa shape index (κ1) is 17.6. The lowest BCUT2D eigenvalue weighted by Gasteiger charge is -2.21. The van der Waals surface area contributed by atoms with Crippen molar-refractivity contribution in [3.8, 4) is 0 Å². The number of pyridine rings is 1. The lowest BCUT2D eigenvalue weighted by atomic mass is 10.0. The predicted octanol–water partition coefficient (Wildman–Crippen LogP) is 3.37. The maximum absolute atomic E-state index is 12.5. The van der Waals surface area contributed by atoms with Crippen molar-refractivity contribution in [3.63, 3.8) is 0 Å². The second kappa shape index (κ2) is 6.53. The Hall–Kier alpha value is -2.51. The first-order chi connectivity index (χ1) is 13.5. The molecule has 1 aliphatic heterocycles. The molecule has 8 heteroatoms. The minimum atomic E-state index is -0.183. The molecule has 3 aromatic heterocycles. The highest BCUT2D eigenvalue weighted by atomic mass is 35.5. The van der Waals surface area contributed by atoms with Crippen LogP contribution in [0.2, 0.25) is 5.02 Å². The topological polar surface area (TPSA) is 74.8 Å². The van der Waals surface area contributed by atoms with Gasteiger partial charge in [0.2, 0.25) is 0 Å². The average Bonchev–Trinajstić information content (AvgIpc) is 3.42. The minimum Gasteiger partial charge on any atom is -0.369 e. The fourth-order valence-electron chi connectivity index (χ4n) is 3.54. The Morgan fingerprint density at radius 3 is 2.89 bits per heavy atom. The van der Waals surface area contributed by atoms with E-state index in [-0.39, 0.29) is 11.7 Å². The number of rotatable bonds is 3. The molecule has 1 unspecified atom stereocenters. The summed E-state index contributed by atoms with van der Waals surface area (Å²) in [5, 5.41) is 5.19. The lowest BCUT2D eigenvalue weighted by molar-refractivity contribution is 0.0826. The number of halogens is 1. The lowest BCUT2D eigenvalue weighted by Crippen LogP contribution is -2.21. The van der Waals surface area contributed by atoms with E-state index in [1.807, 2.05) is 10.9 Å². The van der Waals surface area contributed by atoms with E-state index in [1.54, 1.807) is 20.0 Å². The summed E-state index contributed by atoms with van der Waals surface area (Å²) in [6.07, 6.45) is 8.96. The Kier molecular flexibility index (Phi) is 4.10. The predicted molar refractivity (Wildman–Crippen MR) is 106 cm³/mol. The van der Waals surface area contributed by atoms with Crippen molar-refractivity contribution in [2.75, 3.05) is 6.61 Å². The smallest absolute Gasteiger partial charge is 0.264 e. The van der Waals surface area contributed by atoms with E-state index < -0.39 is 0 Å². The van der Waals surface area contributed by atoms with Crippen LogP contribution in [0.3, 0.4) is 0 Å². The van der Waals surface area contributed by atoms with Gasteiger partial charge >= 0.3 is 0 Å². The summed E-state index contributed by atoms with van der Waals surface area (Å²) >= 11 is 6.44. The van der Waals surface area contributed by atoms with Crippen LogP contribution >= 0.6 is 11.6 Å². The highest BCUT2D eigenvalue weighted by Gasteiger charge is 2.26. The van der Waals surface area contributed by atoms with Crippen LogP contribution in [0.25, 0.3) is 16.6 Å². The van der Waals surface area contributed by atoms with Gasteiger partial charge in [-0.1, -0.05) is 11.6 Å². The molecule has 0 aromatic carbocycles. The fraction of sp³-hybridized carbons (Fsp3) is 0.400. The minimum absolute atomic E-state index is 0.161. The zero-order chi connectivity index (χ0) is 19.4. The molecule has 2 aliphatic rings. The largest absolute Gasteiger partial charge is 0.369 e. The van der Waals surface area contributed by atoms with Gasteiger partial charge in [-0.3, -0.25) is 14.0 Å². The molecule has 0 radical (unpaired) electrons. The van der Waals surface area contributed by atoms with Crippen LogP contribution in [0.4, 0.5) is 0 Å². The zero-order valence-corrected chi connectivity index (χ0v) is 16.5. The monoisotopic (exact) mass is 397 g/mol. The third-order valence-corrected chi connectivity index (χ3v) is 5.74. The van der Waals surface area contributed by atoms with E-state index in [0.29, 0.717) is 34.5 Å². The standard InChI is InChI=1S/C20H20ClN5O2/c1-11-23-19-18(20(27)25(11)2)15(21)8-16(24-19)12-5-6-28-17(7-12)13-9-22-26(10-13)14-3-4-14/h7-10,14,17H,3-6H2,1-2H3. The van der Waals surface area contributed by atoms with Crippen molar-refractivity contribution in [1.82, 2.24) is 24.3 Å². The van der Waals surface area contributed by atoms with E-state index in [4.69, 9.17) is 16.3 Å². The Balaban J connectivity index is 1.55. The van der Waals surface area contributed by atoms with Crippen LogP contribution in [0, 0.1) is 6.92 Å². The second-order valence-corrected chi connectivity index (χ2v) is 7.84. The van der Waals surface area contributed by atoms with Gasteiger partial charge < -0.3 is 4.74 Å². The Morgan fingerprint density at radius 1 is 1.29 bits per heavy atom. The summed E-state index contributed by atoms with van der Waals surface area (Å²) in [6, 6.07) is 2.29. The summed E-state index contributed by atoms with van der Waals surface area (Å²) < 4.78 is 9.45. The number of nitrogens with zero attached hydrogens (tertiary/aromatic N) is 5. The van der Waals surface area contributed by atoms with Gasteiger partial charge in [0.1, 0.15) is 17.3 Å². The average molecular weight is 398 g/mol. The highest BCUT2D eigenvalue weighted by Crippen LogP contribution is 2.36.